The molecule has 0 atom stereocenters. The van der Waals surface area contributed by atoms with Crippen molar-refractivity contribution in [3.63, 3.8) is 0 Å². The highest BCUT2D eigenvalue weighted by Gasteiger charge is 2.00. The van der Waals surface area contributed by atoms with E-state index in [0.717, 1.165) is 21.8 Å². The van der Waals surface area contributed by atoms with Crippen molar-refractivity contribution in [1.82, 2.24) is 15.2 Å². The summed E-state index contributed by atoms with van der Waals surface area (Å²) >= 11 is 1.69. The highest BCUT2D eigenvalue weighted by Crippen LogP contribution is 2.19. The third kappa shape index (κ3) is 2.33. The van der Waals surface area contributed by atoms with Crippen LogP contribution in [-0.2, 0) is 0 Å². The molecule has 15 heavy (non-hydrogen) atoms. The Bertz CT molecular complexity index is 454. The van der Waals surface area contributed by atoms with Gasteiger partial charge in [0.15, 0.2) is 0 Å². The zero-order valence-electron chi connectivity index (χ0n) is 8.64. The van der Waals surface area contributed by atoms with E-state index in [-0.39, 0.29) is 0 Å². The third-order valence-corrected chi connectivity index (χ3v) is 2.76. The number of pyridine rings is 1. The lowest BCUT2D eigenvalue weighted by Crippen LogP contribution is -1.89. The molecule has 0 aliphatic carbocycles. The molecule has 0 saturated heterocycles. The number of aromatic nitrogens is 3. The zero-order valence-corrected chi connectivity index (χ0v) is 9.45. The quantitative estimate of drug-likeness (QED) is 0.725. The van der Waals surface area contributed by atoms with Crippen molar-refractivity contribution in [3.05, 3.63) is 36.3 Å². The Kier molecular flexibility index (Phi) is 2.97. The minimum Gasteiger partial charge on any atom is -0.255 e. The van der Waals surface area contributed by atoms with Crippen LogP contribution in [0.15, 0.2) is 35.5 Å². The number of hydrogen-bond donors (Lipinski definition) is 0. The van der Waals surface area contributed by atoms with Gasteiger partial charge in [-0.25, -0.2) is 0 Å². The van der Waals surface area contributed by atoms with Crippen molar-refractivity contribution < 1.29 is 0 Å². The van der Waals surface area contributed by atoms with E-state index in [1.54, 1.807) is 18.0 Å². The van der Waals surface area contributed by atoms with Crippen LogP contribution in [0.4, 0.5) is 0 Å². The van der Waals surface area contributed by atoms with Gasteiger partial charge in [0, 0.05) is 16.7 Å². The molecule has 76 valence electrons. The van der Waals surface area contributed by atoms with Crippen LogP contribution in [-0.4, -0.2) is 21.4 Å². The second-order valence-corrected chi connectivity index (χ2v) is 4.05. The van der Waals surface area contributed by atoms with Gasteiger partial charge in [-0.3, -0.25) is 4.98 Å². The highest BCUT2D eigenvalue weighted by atomic mass is 32.2. The Balaban J connectivity index is 2.37. The first-order chi connectivity index (χ1) is 7.29. The van der Waals surface area contributed by atoms with E-state index < -0.39 is 0 Å². The number of nitrogens with zero attached hydrogens (tertiary/aromatic N) is 3. The molecule has 0 aliphatic heterocycles. The summed E-state index contributed by atoms with van der Waals surface area (Å²) in [7, 11) is 0. The van der Waals surface area contributed by atoms with Crippen molar-refractivity contribution >= 4 is 11.8 Å². The minimum absolute atomic E-state index is 0.906. The molecule has 4 heteroatoms. The maximum Gasteiger partial charge on any atom is 0.0719 e. The lowest BCUT2D eigenvalue weighted by atomic mass is 10.2. The van der Waals surface area contributed by atoms with Crippen molar-refractivity contribution in [2.45, 2.75) is 11.8 Å². The molecular weight excluding hydrogens is 206 g/mol. The lowest BCUT2D eigenvalue weighted by molar-refractivity contribution is 0.980. The van der Waals surface area contributed by atoms with Crippen molar-refractivity contribution in [2.24, 2.45) is 0 Å². The van der Waals surface area contributed by atoms with Gasteiger partial charge in [0.05, 0.1) is 17.6 Å². The standard InChI is InChI=1S/C11H11N3S/c1-8-5-9(6-13-14-8)11-4-3-10(15-2)7-12-11/h3-7H,1-2H3. The molecule has 2 rings (SSSR count). The number of hydrogen-bond acceptors (Lipinski definition) is 4. The largest absolute Gasteiger partial charge is 0.255 e. The van der Waals surface area contributed by atoms with Crippen molar-refractivity contribution in [2.75, 3.05) is 6.26 Å². The molecule has 0 radical (unpaired) electrons. The van der Waals surface area contributed by atoms with Gasteiger partial charge in [0.25, 0.3) is 0 Å². The van der Waals surface area contributed by atoms with Crippen LogP contribution in [0, 0.1) is 6.92 Å². The first kappa shape index (κ1) is 10.1. The van der Waals surface area contributed by atoms with Gasteiger partial charge in [0.1, 0.15) is 0 Å². The molecule has 0 saturated carbocycles. The molecule has 0 amide bonds. The fraction of sp³-hybridized carbons (Fsp3) is 0.182. The lowest BCUT2D eigenvalue weighted by Gasteiger charge is -2.01. The average Bonchev–Trinajstić information content (AvgIpc) is 2.29. The van der Waals surface area contributed by atoms with Gasteiger partial charge in [0.2, 0.25) is 0 Å². The minimum atomic E-state index is 0.906. The predicted octanol–water partition coefficient (Wildman–Crippen LogP) is 2.57. The molecule has 2 heterocycles. The molecule has 0 N–H and O–H groups in total. The average molecular weight is 217 g/mol. The van der Waals surface area contributed by atoms with Crippen LogP contribution in [0.2, 0.25) is 0 Å². The van der Waals surface area contributed by atoms with E-state index in [1.165, 1.54) is 0 Å². The summed E-state index contributed by atoms with van der Waals surface area (Å²) in [4.78, 5) is 5.54. The zero-order chi connectivity index (χ0) is 10.7. The van der Waals surface area contributed by atoms with E-state index in [0.29, 0.717) is 0 Å². The monoisotopic (exact) mass is 217 g/mol. The fourth-order valence-electron chi connectivity index (χ4n) is 1.29. The highest BCUT2D eigenvalue weighted by molar-refractivity contribution is 7.98. The van der Waals surface area contributed by atoms with Crippen LogP contribution in [0.5, 0.6) is 0 Å². The van der Waals surface area contributed by atoms with Crippen LogP contribution in [0.25, 0.3) is 11.3 Å². The van der Waals surface area contributed by atoms with Gasteiger partial charge in [-0.15, -0.1) is 11.8 Å². The summed E-state index contributed by atoms with van der Waals surface area (Å²) in [5.41, 5.74) is 2.85. The van der Waals surface area contributed by atoms with Gasteiger partial charge < -0.3 is 0 Å². The van der Waals surface area contributed by atoms with Crippen LogP contribution < -0.4 is 0 Å². The molecule has 0 spiro atoms. The number of thioether (sulfide) groups is 1. The Hall–Kier alpha value is -1.42. The number of rotatable bonds is 2. The molecule has 0 fully saturated rings. The Morgan fingerprint density at radius 2 is 2.07 bits per heavy atom. The molecule has 0 unspecified atom stereocenters. The summed E-state index contributed by atoms with van der Waals surface area (Å²) in [5.74, 6) is 0. The van der Waals surface area contributed by atoms with Crippen LogP contribution >= 0.6 is 11.8 Å². The smallest absolute Gasteiger partial charge is 0.0719 e. The number of aryl methyl sites for hydroxylation is 1. The first-order valence-electron chi connectivity index (χ1n) is 4.59. The molecule has 3 nitrogen and oxygen atoms in total. The van der Waals surface area contributed by atoms with Gasteiger partial charge in [-0.2, -0.15) is 10.2 Å². The van der Waals surface area contributed by atoms with E-state index >= 15 is 0 Å². The maximum atomic E-state index is 4.37. The molecule has 0 aliphatic rings. The third-order valence-electron chi connectivity index (χ3n) is 2.04. The van der Waals surface area contributed by atoms with Gasteiger partial charge >= 0.3 is 0 Å². The summed E-state index contributed by atoms with van der Waals surface area (Å²) in [5, 5.41) is 7.83. The summed E-state index contributed by atoms with van der Waals surface area (Å²) < 4.78 is 0. The normalized spacial score (nSPS) is 10.3. The molecule has 0 bridgehead atoms. The second-order valence-electron chi connectivity index (χ2n) is 3.17. The second kappa shape index (κ2) is 4.40. The molecule has 2 aromatic heterocycles. The topological polar surface area (TPSA) is 38.7 Å². The fourth-order valence-corrected chi connectivity index (χ4v) is 1.65. The van der Waals surface area contributed by atoms with Gasteiger partial charge in [-0.1, -0.05) is 0 Å². The van der Waals surface area contributed by atoms with E-state index in [2.05, 4.69) is 21.2 Å². The summed E-state index contributed by atoms with van der Waals surface area (Å²) in [6.07, 6.45) is 5.64. The summed E-state index contributed by atoms with van der Waals surface area (Å²) in [6, 6.07) is 6.04. The molecule has 0 aromatic carbocycles. The van der Waals surface area contributed by atoms with Crippen molar-refractivity contribution in [1.29, 1.82) is 0 Å². The van der Waals surface area contributed by atoms with Crippen LogP contribution in [0.3, 0.4) is 0 Å². The maximum absolute atomic E-state index is 4.37. The Labute approximate surface area is 93.0 Å². The first-order valence-corrected chi connectivity index (χ1v) is 5.82. The van der Waals surface area contributed by atoms with Crippen molar-refractivity contribution in [3.8, 4) is 11.3 Å². The van der Waals surface area contributed by atoms with Crippen LogP contribution in [0.1, 0.15) is 5.69 Å². The van der Waals surface area contributed by atoms with Gasteiger partial charge in [-0.05, 0) is 31.4 Å². The Morgan fingerprint density at radius 3 is 2.67 bits per heavy atom. The molecular formula is C11H11N3S. The van der Waals surface area contributed by atoms with E-state index in [1.807, 2.05) is 31.5 Å². The van der Waals surface area contributed by atoms with E-state index in [4.69, 9.17) is 0 Å². The van der Waals surface area contributed by atoms with E-state index in [9.17, 15) is 0 Å². The summed E-state index contributed by atoms with van der Waals surface area (Å²) in [6.45, 7) is 1.92. The predicted molar refractivity (Wildman–Crippen MR) is 61.8 cm³/mol. The Morgan fingerprint density at radius 1 is 1.20 bits per heavy atom. The molecule has 2 aromatic rings. The SMILES string of the molecule is CSc1ccc(-c2cnnc(C)c2)nc1.